The van der Waals surface area contributed by atoms with Crippen LogP contribution in [0.3, 0.4) is 0 Å². The average Bonchev–Trinajstić information content (AvgIpc) is 2.91. The van der Waals surface area contributed by atoms with Gasteiger partial charge in [-0.1, -0.05) is 0 Å². The van der Waals surface area contributed by atoms with Crippen molar-refractivity contribution in [3.8, 4) is 0 Å². The summed E-state index contributed by atoms with van der Waals surface area (Å²) in [5.74, 6) is -1.27. The fourth-order valence-corrected chi connectivity index (χ4v) is 4.56. The summed E-state index contributed by atoms with van der Waals surface area (Å²) >= 11 is 2.93. The zero-order chi connectivity index (χ0) is 15.8. The van der Waals surface area contributed by atoms with Gasteiger partial charge in [-0.2, -0.15) is 4.31 Å². The number of benzene rings is 1. The van der Waals surface area contributed by atoms with E-state index in [9.17, 15) is 17.6 Å². The molecule has 0 aromatic heterocycles. The van der Waals surface area contributed by atoms with Crippen molar-refractivity contribution in [3.63, 3.8) is 0 Å². The minimum atomic E-state index is -4.00. The lowest BCUT2D eigenvalue weighted by molar-refractivity contribution is -0.144. The Balaban J connectivity index is 2.47. The van der Waals surface area contributed by atoms with Gasteiger partial charge in [-0.3, -0.25) is 4.79 Å². The predicted octanol–water partition coefficient (Wildman–Crippen LogP) is 1.50. The number of carbonyl (C=O) groups is 1. The Morgan fingerprint density at radius 2 is 2.19 bits per heavy atom. The molecule has 1 unspecified atom stereocenters. The van der Waals surface area contributed by atoms with Crippen molar-refractivity contribution in [3.05, 3.63) is 22.4 Å². The number of anilines is 1. The molecule has 1 aromatic rings. The minimum absolute atomic E-state index is 0.0101. The summed E-state index contributed by atoms with van der Waals surface area (Å²) < 4.78 is 44.3. The molecule has 1 aromatic carbocycles. The first kappa shape index (κ1) is 16.2. The van der Waals surface area contributed by atoms with Crippen LogP contribution in [0.5, 0.6) is 0 Å². The van der Waals surface area contributed by atoms with Crippen molar-refractivity contribution >= 4 is 37.6 Å². The van der Waals surface area contributed by atoms with Crippen LogP contribution in [0.2, 0.25) is 0 Å². The highest BCUT2D eigenvalue weighted by Crippen LogP contribution is 2.32. The highest BCUT2D eigenvalue weighted by atomic mass is 79.9. The molecule has 1 saturated heterocycles. The molecule has 1 fully saturated rings. The Morgan fingerprint density at radius 3 is 2.81 bits per heavy atom. The molecule has 0 amide bonds. The van der Waals surface area contributed by atoms with Gasteiger partial charge in [-0.05, 0) is 40.9 Å². The number of nitrogens with two attached hydrogens (primary N) is 1. The van der Waals surface area contributed by atoms with Gasteiger partial charge in [0.25, 0.3) is 0 Å². The molecule has 9 heteroatoms. The SMILES string of the molecule is COC(=O)C1CCCN1S(=O)(=O)c1cc(Br)c(F)cc1N. The Hall–Kier alpha value is -1.19. The number of esters is 1. The van der Waals surface area contributed by atoms with Crippen molar-refractivity contribution < 1.29 is 22.3 Å². The van der Waals surface area contributed by atoms with Crippen LogP contribution in [0.1, 0.15) is 12.8 Å². The lowest BCUT2D eigenvalue weighted by atomic mass is 10.2. The van der Waals surface area contributed by atoms with E-state index in [2.05, 4.69) is 20.7 Å². The summed E-state index contributed by atoms with van der Waals surface area (Å²) in [6.45, 7) is 0.191. The van der Waals surface area contributed by atoms with Crippen LogP contribution in [0.15, 0.2) is 21.5 Å². The number of nitrogens with zero attached hydrogens (tertiary/aromatic N) is 1. The second-order valence-electron chi connectivity index (χ2n) is 4.60. The molecule has 0 bridgehead atoms. The summed E-state index contributed by atoms with van der Waals surface area (Å²) in [5, 5.41) is 0. The monoisotopic (exact) mass is 380 g/mol. The zero-order valence-corrected chi connectivity index (χ0v) is 13.6. The van der Waals surface area contributed by atoms with Crippen LogP contribution in [0, 0.1) is 5.82 Å². The van der Waals surface area contributed by atoms with Gasteiger partial charge in [0.15, 0.2) is 0 Å². The molecule has 1 atom stereocenters. The van der Waals surface area contributed by atoms with Gasteiger partial charge < -0.3 is 10.5 Å². The number of hydrogen-bond donors (Lipinski definition) is 1. The first-order chi connectivity index (χ1) is 9.78. The van der Waals surface area contributed by atoms with E-state index in [1.807, 2.05) is 0 Å². The van der Waals surface area contributed by atoms with E-state index < -0.39 is 27.9 Å². The molecule has 0 radical (unpaired) electrons. The number of hydrogen-bond acceptors (Lipinski definition) is 5. The first-order valence-electron chi connectivity index (χ1n) is 6.13. The number of halogens is 2. The molecule has 1 aliphatic rings. The fourth-order valence-electron chi connectivity index (χ4n) is 2.29. The Morgan fingerprint density at radius 1 is 1.52 bits per heavy atom. The average molecular weight is 381 g/mol. The Kier molecular flexibility index (Phi) is 4.54. The number of rotatable bonds is 3. The van der Waals surface area contributed by atoms with Crippen molar-refractivity contribution in [2.24, 2.45) is 0 Å². The highest BCUT2D eigenvalue weighted by Gasteiger charge is 2.41. The van der Waals surface area contributed by atoms with Crippen LogP contribution in [0.25, 0.3) is 0 Å². The zero-order valence-electron chi connectivity index (χ0n) is 11.2. The quantitative estimate of drug-likeness (QED) is 0.633. The van der Waals surface area contributed by atoms with E-state index in [0.717, 1.165) is 16.4 Å². The maximum absolute atomic E-state index is 13.4. The summed E-state index contributed by atoms with van der Waals surface area (Å²) in [5.41, 5.74) is 5.41. The number of ether oxygens (including phenoxy) is 1. The van der Waals surface area contributed by atoms with Gasteiger partial charge in [0.2, 0.25) is 10.0 Å². The van der Waals surface area contributed by atoms with Gasteiger partial charge >= 0.3 is 5.97 Å². The number of nitrogen functional groups attached to an aromatic ring is 1. The van der Waals surface area contributed by atoms with Gasteiger partial charge in [0, 0.05) is 6.54 Å². The van der Waals surface area contributed by atoms with Crippen molar-refractivity contribution in [2.75, 3.05) is 19.4 Å². The smallest absolute Gasteiger partial charge is 0.324 e. The summed E-state index contributed by atoms with van der Waals surface area (Å²) in [4.78, 5) is 11.4. The van der Waals surface area contributed by atoms with Crippen LogP contribution < -0.4 is 5.73 Å². The summed E-state index contributed by atoms with van der Waals surface area (Å²) in [6.07, 6.45) is 0.926. The molecule has 6 nitrogen and oxygen atoms in total. The molecule has 116 valence electrons. The van der Waals surface area contributed by atoms with E-state index in [-0.39, 0.29) is 21.6 Å². The van der Waals surface area contributed by atoms with Crippen LogP contribution in [-0.2, 0) is 19.6 Å². The Labute approximate surface area is 130 Å². The molecule has 0 aliphatic carbocycles. The standard InChI is InChI=1S/C12H14BrFN2O4S/c1-20-12(17)10-3-2-4-16(10)21(18,19)11-5-7(13)8(14)6-9(11)15/h5-6,10H,2-4,15H2,1H3. The van der Waals surface area contributed by atoms with E-state index in [0.29, 0.717) is 12.8 Å². The molecule has 21 heavy (non-hydrogen) atoms. The summed E-state index contributed by atoms with van der Waals surface area (Å²) in [6, 6.07) is 1.16. The summed E-state index contributed by atoms with van der Waals surface area (Å²) in [7, 11) is -2.80. The second kappa shape index (κ2) is 5.90. The van der Waals surface area contributed by atoms with Crippen LogP contribution in [0.4, 0.5) is 10.1 Å². The predicted molar refractivity (Wildman–Crippen MR) is 77.4 cm³/mol. The third-order valence-corrected chi connectivity index (χ3v) is 5.89. The van der Waals surface area contributed by atoms with Crippen LogP contribution in [-0.4, -0.2) is 38.4 Å². The fraction of sp³-hybridized carbons (Fsp3) is 0.417. The van der Waals surface area contributed by atoms with Crippen molar-refractivity contribution in [1.29, 1.82) is 0 Å². The van der Waals surface area contributed by atoms with E-state index in [1.54, 1.807) is 0 Å². The lowest BCUT2D eigenvalue weighted by Gasteiger charge is -2.23. The number of carbonyl (C=O) groups excluding carboxylic acids is 1. The second-order valence-corrected chi connectivity index (χ2v) is 7.31. The molecule has 1 heterocycles. The van der Waals surface area contributed by atoms with Crippen molar-refractivity contribution in [1.82, 2.24) is 4.31 Å². The minimum Gasteiger partial charge on any atom is -0.468 e. The molecular weight excluding hydrogens is 367 g/mol. The van der Waals surface area contributed by atoms with Gasteiger partial charge in [-0.25, -0.2) is 12.8 Å². The number of methoxy groups -OCH3 is 1. The topological polar surface area (TPSA) is 89.7 Å². The van der Waals surface area contributed by atoms with Gasteiger partial charge in [-0.15, -0.1) is 0 Å². The molecule has 2 N–H and O–H groups in total. The highest BCUT2D eigenvalue weighted by molar-refractivity contribution is 9.10. The van der Waals surface area contributed by atoms with Crippen molar-refractivity contribution in [2.45, 2.75) is 23.8 Å². The third-order valence-electron chi connectivity index (χ3n) is 3.32. The molecule has 2 rings (SSSR count). The van der Waals surface area contributed by atoms with E-state index >= 15 is 0 Å². The normalized spacial score (nSPS) is 19.7. The maximum atomic E-state index is 13.4. The van der Waals surface area contributed by atoms with E-state index in [4.69, 9.17) is 5.73 Å². The number of sulfonamides is 1. The lowest BCUT2D eigenvalue weighted by Crippen LogP contribution is -2.41. The van der Waals surface area contributed by atoms with E-state index in [1.165, 1.54) is 7.11 Å². The van der Waals surface area contributed by atoms with Gasteiger partial charge in [0.05, 0.1) is 17.3 Å². The van der Waals surface area contributed by atoms with Crippen LogP contribution >= 0.6 is 15.9 Å². The largest absolute Gasteiger partial charge is 0.468 e. The molecule has 0 saturated carbocycles. The third kappa shape index (κ3) is 2.90. The molecular formula is C12H14BrFN2O4S. The maximum Gasteiger partial charge on any atom is 0.324 e. The molecule has 0 spiro atoms. The molecule has 1 aliphatic heterocycles. The van der Waals surface area contributed by atoms with Gasteiger partial charge in [0.1, 0.15) is 16.8 Å². The Bertz CT molecular complexity index is 680. The first-order valence-corrected chi connectivity index (χ1v) is 8.36.